The quantitative estimate of drug-likeness (QED) is 0.878. The number of nitrogens with one attached hydrogen (secondary N) is 1. The molecule has 2 aromatic carbocycles. The Balaban J connectivity index is 1.48. The van der Waals surface area contributed by atoms with Crippen LogP contribution < -0.4 is 5.32 Å². The van der Waals surface area contributed by atoms with E-state index >= 15 is 0 Å². The van der Waals surface area contributed by atoms with Crippen LogP contribution in [-0.4, -0.2) is 28.1 Å². The fourth-order valence-corrected chi connectivity index (χ4v) is 4.10. The van der Waals surface area contributed by atoms with Crippen molar-refractivity contribution < 1.29 is 4.79 Å². The van der Waals surface area contributed by atoms with Gasteiger partial charge in [0.05, 0.1) is 17.5 Å². The van der Waals surface area contributed by atoms with E-state index in [0.717, 1.165) is 34.1 Å². The van der Waals surface area contributed by atoms with Crippen molar-refractivity contribution in [1.29, 1.82) is 0 Å². The summed E-state index contributed by atoms with van der Waals surface area (Å²) >= 11 is 1.43. The number of carbonyl (C=O) groups excluding carboxylic acids is 1. The normalized spacial score (nSPS) is 17.5. The van der Waals surface area contributed by atoms with Crippen molar-refractivity contribution in [3.8, 4) is 0 Å². The summed E-state index contributed by atoms with van der Waals surface area (Å²) in [6.45, 7) is 4.00. The number of rotatable bonds is 3. The molecule has 1 amide bonds. The molecule has 0 fully saturated rings. The van der Waals surface area contributed by atoms with Crippen LogP contribution in [0.25, 0.3) is 0 Å². The molecule has 1 atom stereocenters. The molecular weight excluding hydrogens is 344 g/mol. The van der Waals surface area contributed by atoms with Crippen LogP contribution in [0.15, 0.2) is 52.6 Å². The van der Waals surface area contributed by atoms with Crippen LogP contribution in [-0.2, 0) is 4.79 Å². The largest absolute Gasteiger partial charge is 0.325 e. The van der Waals surface area contributed by atoms with Gasteiger partial charge in [0.15, 0.2) is 5.17 Å². The summed E-state index contributed by atoms with van der Waals surface area (Å²) in [5, 5.41) is 10.2. The molecule has 2 aliphatic heterocycles. The van der Waals surface area contributed by atoms with Crippen molar-refractivity contribution >= 4 is 40.4 Å². The fourth-order valence-electron chi connectivity index (χ4n) is 3.30. The van der Waals surface area contributed by atoms with Crippen molar-refractivity contribution in [2.24, 2.45) is 10.1 Å². The molecule has 0 aliphatic carbocycles. The summed E-state index contributed by atoms with van der Waals surface area (Å²) in [4.78, 5) is 17.2. The number of amides is 1. The highest BCUT2D eigenvalue weighted by Gasteiger charge is 2.32. The van der Waals surface area contributed by atoms with E-state index in [1.165, 1.54) is 17.3 Å². The average Bonchev–Trinajstić information content (AvgIpc) is 3.13. The monoisotopic (exact) mass is 364 g/mol. The lowest BCUT2D eigenvalue weighted by Gasteiger charge is -2.29. The zero-order valence-electron chi connectivity index (χ0n) is 14.8. The van der Waals surface area contributed by atoms with Crippen LogP contribution in [0.5, 0.6) is 0 Å². The molecule has 2 aliphatic rings. The van der Waals surface area contributed by atoms with Gasteiger partial charge in [-0.3, -0.25) is 4.79 Å². The van der Waals surface area contributed by atoms with Crippen molar-refractivity contribution in [2.45, 2.75) is 26.3 Å². The lowest BCUT2D eigenvalue weighted by molar-refractivity contribution is -0.113. The zero-order valence-corrected chi connectivity index (χ0v) is 15.6. The van der Waals surface area contributed by atoms with E-state index in [1.54, 1.807) is 0 Å². The van der Waals surface area contributed by atoms with Gasteiger partial charge in [-0.1, -0.05) is 48.2 Å². The standard InChI is InChI=1S/C20H20N4OS/c1-13-6-5-7-14(2)19(13)23-18(25)12-26-20-22-16-9-4-3-8-15(16)17-10-11-21-24(17)20/h3-9,11,17H,10,12H2,1-2H3,(H,23,25). The zero-order chi connectivity index (χ0) is 18.1. The minimum Gasteiger partial charge on any atom is -0.325 e. The number of hydrogen-bond donors (Lipinski definition) is 1. The van der Waals surface area contributed by atoms with Crippen LogP contribution in [0.4, 0.5) is 11.4 Å². The summed E-state index contributed by atoms with van der Waals surface area (Å²) in [5.41, 5.74) is 5.19. The second kappa shape index (κ2) is 6.96. The van der Waals surface area contributed by atoms with E-state index in [-0.39, 0.29) is 11.9 Å². The maximum absolute atomic E-state index is 12.5. The lowest BCUT2D eigenvalue weighted by atomic mass is 10.0. The van der Waals surface area contributed by atoms with E-state index in [4.69, 9.17) is 4.99 Å². The number of aryl methyl sites for hydroxylation is 2. The molecule has 0 radical (unpaired) electrons. The minimum absolute atomic E-state index is 0.0336. The first-order valence-electron chi connectivity index (χ1n) is 8.61. The molecule has 2 heterocycles. The van der Waals surface area contributed by atoms with E-state index < -0.39 is 0 Å². The van der Waals surface area contributed by atoms with Crippen LogP contribution in [0.2, 0.25) is 0 Å². The highest BCUT2D eigenvalue weighted by Crippen LogP contribution is 2.40. The van der Waals surface area contributed by atoms with Gasteiger partial charge in [-0.15, -0.1) is 0 Å². The summed E-state index contributed by atoms with van der Waals surface area (Å²) < 4.78 is 0. The molecule has 4 rings (SSSR count). The van der Waals surface area contributed by atoms with Crippen LogP contribution in [0.1, 0.15) is 29.2 Å². The van der Waals surface area contributed by atoms with Gasteiger partial charge in [-0.2, -0.15) is 5.10 Å². The third kappa shape index (κ3) is 3.12. The first-order valence-corrected chi connectivity index (χ1v) is 9.60. The number of para-hydroxylation sites is 2. The number of amidine groups is 1. The Hall–Kier alpha value is -2.60. The first-order chi connectivity index (χ1) is 12.6. The highest BCUT2D eigenvalue weighted by atomic mass is 32.2. The number of hydrazone groups is 1. The maximum Gasteiger partial charge on any atom is 0.234 e. The molecule has 1 unspecified atom stereocenters. The van der Waals surface area contributed by atoms with Crippen LogP contribution >= 0.6 is 11.8 Å². The fraction of sp³-hybridized carbons (Fsp3) is 0.250. The number of anilines is 1. The van der Waals surface area contributed by atoms with Gasteiger partial charge in [0.25, 0.3) is 0 Å². The van der Waals surface area contributed by atoms with Gasteiger partial charge in [0, 0.05) is 23.9 Å². The lowest BCUT2D eigenvalue weighted by Crippen LogP contribution is -2.29. The highest BCUT2D eigenvalue weighted by molar-refractivity contribution is 8.14. The molecule has 0 saturated heterocycles. The smallest absolute Gasteiger partial charge is 0.234 e. The van der Waals surface area contributed by atoms with E-state index in [1.807, 2.05) is 61.5 Å². The van der Waals surface area contributed by atoms with E-state index in [9.17, 15) is 4.79 Å². The number of hydrogen-bond acceptors (Lipinski definition) is 5. The number of nitrogens with zero attached hydrogens (tertiary/aromatic N) is 3. The Morgan fingerprint density at radius 3 is 2.77 bits per heavy atom. The molecule has 0 saturated carbocycles. The number of carbonyl (C=O) groups is 1. The first kappa shape index (κ1) is 16.8. The Morgan fingerprint density at radius 2 is 1.96 bits per heavy atom. The Kier molecular flexibility index (Phi) is 4.51. The van der Waals surface area contributed by atoms with Gasteiger partial charge in [-0.25, -0.2) is 10.0 Å². The van der Waals surface area contributed by atoms with Crippen molar-refractivity contribution in [3.05, 3.63) is 59.2 Å². The second-order valence-corrected chi connectivity index (χ2v) is 7.39. The van der Waals surface area contributed by atoms with Gasteiger partial charge >= 0.3 is 0 Å². The van der Waals surface area contributed by atoms with Gasteiger partial charge in [0.1, 0.15) is 0 Å². The molecule has 5 nitrogen and oxygen atoms in total. The number of fused-ring (bicyclic) bond motifs is 3. The van der Waals surface area contributed by atoms with Gasteiger partial charge < -0.3 is 5.32 Å². The summed E-state index contributed by atoms with van der Waals surface area (Å²) in [5.74, 6) is 0.265. The molecule has 26 heavy (non-hydrogen) atoms. The van der Waals surface area contributed by atoms with Crippen molar-refractivity contribution in [2.75, 3.05) is 11.1 Å². The van der Waals surface area contributed by atoms with E-state index in [0.29, 0.717) is 5.75 Å². The number of benzene rings is 2. The summed E-state index contributed by atoms with van der Waals surface area (Å²) in [6.07, 6.45) is 2.78. The average molecular weight is 364 g/mol. The molecule has 2 aromatic rings. The van der Waals surface area contributed by atoms with Crippen molar-refractivity contribution in [1.82, 2.24) is 5.01 Å². The number of aliphatic imine (C=N–C) groups is 1. The molecule has 0 bridgehead atoms. The minimum atomic E-state index is -0.0336. The predicted octanol–water partition coefficient (Wildman–Crippen LogP) is 4.41. The Labute approximate surface area is 157 Å². The molecule has 0 spiro atoms. The summed E-state index contributed by atoms with van der Waals surface area (Å²) in [6, 6.07) is 14.3. The van der Waals surface area contributed by atoms with E-state index in [2.05, 4.69) is 16.5 Å². The maximum atomic E-state index is 12.5. The second-order valence-electron chi connectivity index (χ2n) is 6.45. The number of thioether (sulfide) groups is 1. The third-order valence-corrected chi connectivity index (χ3v) is 5.56. The predicted molar refractivity (Wildman–Crippen MR) is 108 cm³/mol. The van der Waals surface area contributed by atoms with Crippen LogP contribution in [0.3, 0.4) is 0 Å². The molecule has 132 valence electrons. The van der Waals surface area contributed by atoms with Gasteiger partial charge in [0.2, 0.25) is 5.91 Å². The molecule has 1 N–H and O–H groups in total. The molecule has 0 aromatic heterocycles. The SMILES string of the molecule is Cc1cccc(C)c1NC(=O)CSC1=Nc2ccccc2C2CC=NN12. The summed E-state index contributed by atoms with van der Waals surface area (Å²) in [7, 11) is 0. The Bertz CT molecular complexity index is 902. The van der Waals surface area contributed by atoms with Gasteiger partial charge in [-0.05, 0) is 31.0 Å². The molecule has 6 heteroatoms. The topological polar surface area (TPSA) is 57.1 Å². The van der Waals surface area contributed by atoms with Crippen LogP contribution in [0, 0.1) is 13.8 Å². The Morgan fingerprint density at radius 1 is 1.19 bits per heavy atom. The molecular formula is C20H20N4OS. The van der Waals surface area contributed by atoms with Crippen molar-refractivity contribution in [3.63, 3.8) is 0 Å². The third-order valence-electron chi connectivity index (χ3n) is 4.62.